The highest BCUT2D eigenvalue weighted by Gasteiger charge is 2.26. The van der Waals surface area contributed by atoms with Crippen LogP contribution in [0.4, 0.5) is 4.79 Å². The van der Waals surface area contributed by atoms with Gasteiger partial charge in [-0.15, -0.1) is 0 Å². The molecule has 2 heterocycles. The molecule has 1 aromatic rings. The monoisotopic (exact) mass is 309 g/mol. The highest BCUT2D eigenvalue weighted by atomic mass is 16.5. The van der Waals surface area contributed by atoms with Crippen LogP contribution in [0.2, 0.25) is 0 Å². The maximum Gasteiger partial charge on any atom is 0.318 e. The molecular weight excluding hydrogens is 286 g/mol. The maximum atomic E-state index is 12.3. The van der Waals surface area contributed by atoms with Gasteiger partial charge in [0.25, 0.3) is 0 Å². The zero-order valence-corrected chi connectivity index (χ0v) is 13.3. The van der Waals surface area contributed by atoms with E-state index in [0.717, 1.165) is 0 Å². The lowest BCUT2D eigenvalue weighted by Crippen LogP contribution is -2.51. The van der Waals surface area contributed by atoms with Crippen LogP contribution in [-0.4, -0.2) is 58.1 Å². The number of hydrogen-bond donors (Lipinski definition) is 1. The van der Waals surface area contributed by atoms with E-state index in [4.69, 9.17) is 4.52 Å². The van der Waals surface area contributed by atoms with Crippen LogP contribution < -0.4 is 5.32 Å². The van der Waals surface area contributed by atoms with E-state index in [-0.39, 0.29) is 24.5 Å². The van der Waals surface area contributed by atoms with Crippen LogP contribution >= 0.6 is 0 Å². The van der Waals surface area contributed by atoms with Crippen molar-refractivity contribution in [1.29, 1.82) is 0 Å². The Morgan fingerprint density at radius 2 is 2.27 bits per heavy atom. The number of aryl methyl sites for hydroxylation is 1. The fraction of sp³-hybridized carbons (Fsp3) is 0.714. The number of carbonyl (C=O) groups excluding carboxylic acids is 2. The number of nitrogens with zero attached hydrogens (tertiary/aromatic N) is 4. The Morgan fingerprint density at radius 1 is 1.50 bits per heavy atom. The zero-order chi connectivity index (χ0) is 16.1. The highest BCUT2D eigenvalue weighted by molar-refractivity contribution is 5.78. The van der Waals surface area contributed by atoms with Gasteiger partial charge >= 0.3 is 6.03 Å². The van der Waals surface area contributed by atoms with Gasteiger partial charge in [0.1, 0.15) is 6.54 Å². The molecule has 1 saturated heterocycles. The average Bonchev–Trinajstić information content (AvgIpc) is 2.96. The molecular formula is C14H23N5O3. The number of nitrogens with one attached hydrogen (secondary N) is 1. The molecule has 0 aromatic carbocycles. The minimum atomic E-state index is -0.175. The molecule has 0 spiro atoms. The van der Waals surface area contributed by atoms with E-state index in [1.54, 1.807) is 16.8 Å². The first-order valence-corrected chi connectivity index (χ1v) is 7.64. The predicted molar refractivity (Wildman–Crippen MR) is 79.0 cm³/mol. The van der Waals surface area contributed by atoms with Crippen LogP contribution in [-0.2, 0) is 17.8 Å². The number of carbonyl (C=O) groups is 2. The maximum absolute atomic E-state index is 12.3. The van der Waals surface area contributed by atoms with E-state index in [0.29, 0.717) is 44.1 Å². The van der Waals surface area contributed by atoms with Gasteiger partial charge in [-0.1, -0.05) is 12.1 Å². The second-order valence-electron chi connectivity index (χ2n) is 5.43. The van der Waals surface area contributed by atoms with Gasteiger partial charge in [0, 0.05) is 39.0 Å². The van der Waals surface area contributed by atoms with Gasteiger partial charge in [0.15, 0.2) is 5.82 Å². The topological polar surface area (TPSA) is 91.6 Å². The molecule has 1 fully saturated rings. The number of likely N-dealkylation sites (tertiary alicyclic amines) is 1. The molecule has 1 aliphatic rings. The van der Waals surface area contributed by atoms with E-state index in [9.17, 15) is 9.59 Å². The number of hydrogen-bond acceptors (Lipinski definition) is 5. The van der Waals surface area contributed by atoms with Crippen LogP contribution in [0.1, 0.15) is 38.4 Å². The lowest BCUT2D eigenvalue weighted by atomic mass is 10.1. The summed E-state index contributed by atoms with van der Waals surface area (Å²) in [5.74, 6) is 1.19. The van der Waals surface area contributed by atoms with Crippen LogP contribution in [0.3, 0.4) is 0 Å². The van der Waals surface area contributed by atoms with Crippen molar-refractivity contribution in [3.05, 3.63) is 11.7 Å². The summed E-state index contributed by atoms with van der Waals surface area (Å²) < 4.78 is 5.12. The third-order valence-electron chi connectivity index (χ3n) is 3.78. The second kappa shape index (κ2) is 7.24. The molecule has 1 atom stereocenters. The molecule has 0 radical (unpaired) electrons. The quantitative estimate of drug-likeness (QED) is 0.868. The fourth-order valence-electron chi connectivity index (χ4n) is 2.38. The van der Waals surface area contributed by atoms with Gasteiger partial charge in [-0.25, -0.2) is 4.79 Å². The van der Waals surface area contributed by atoms with E-state index >= 15 is 0 Å². The number of amides is 3. The van der Waals surface area contributed by atoms with E-state index in [1.807, 2.05) is 13.8 Å². The number of rotatable bonds is 5. The second-order valence-corrected chi connectivity index (χ2v) is 5.43. The van der Waals surface area contributed by atoms with Crippen LogP contribution in [0.25, 0.3) is 0 Å². The number of likely N-dealkylation sites (N-methyl/N-ethyl adjacent to an activating group) is 1. The molecule has 1 N–H and O–H groups in total. The summed E-state index contributed by atoms with van der Waals surface area (Å²) in [4.78, 5) is 31.3. The van der Waals surface area contributed by atoms with Crippen LogP contribution in [0.5, 0.6) is 0 Å². The minimum absolute atomic E-state index is 0.0156. The van der Waals surface area contributed by atoms with Crippen molar-refractivity contribution in [2.24, 2.45) is 0 Å². The Hall–Kier alpha value is -2.12. The standard InChI is InChI=1S/C14H23N5O3/c1-4-11-16-12(22-17-11)9-19(5-2)14(21)15-10-6-7-13(20)18(3)8-10/h10H,4-9H2,1-3H3,(H,15,21). The first-order chi connectivity index (χ1) is 10.5. The van der Waals surface area contributed by atoms with Gasteiger partial charge in [0.05, 0.1) is 0 Å². The fourth-order valence-corrected chi connectivity index (χ4v) is 2.38. The Labute approximate surface area is 129 Å². The molecule has 1 unspecified atom stereocenters. The van der Waals surface area contributed by atoms with Gasteiger partial charge in [-0.3, -0.25) is 4.79 Å². The number of urea groups is 1. The van der Waals surface area contributed by atoms with Gasteiger partial charge in [-0.05, 0) is 13.3 Å². The molecule has 3 amide bonds. The van der Waals surface area contributed by atoms with Gasteiger partial charge in [0.2, 0.25) is 11.8 Å². The lowest BCUT2D eigenvalue weighted by Gasteiger charge is -2.31. The SMILES string of the molecule is CCc1noc(CN(CC)C(=O)NC2CCC(=O)N(C)C2)n1. The van der Waals surface area contributed by atoms with E-state index in [1.165, 1.54) is 0 Å². The van der Waals surface area contributed by atoms with Crippen molar-refractivity contribution in [2.75, 3.05) is 20.1 Å². The summed E-state index contributed by atoms with van der Waals surface area (Å²) in [5.41, 5.74) is 0. The molecule has 0 bridgehead atoms. The largest absolute Gasteiger partial charge is 0.344 e. The molecule has 22 heavy (non-hydrogen) atoms. The molecule has 1 aromatic heterocycles. The van der Waals surface area contributed by atoms with Crippen molar-refractivity contribution >= 4 is 11.9 Å². The van der Waals surface area contributed by atoms with Crippen molar-refractivity contribution in [3.63, 3.8) is 0 Å². The van der Waals surface area contributed by atoms with Crippen LogP contribution in [0.15, 0.2) is 4.52 Å². The normalized spacial score (nSPS) is 18.4. The first kappa shape index (κ1) is 16.3. The lowest BCUT2D eigenvalue weighted by molar-refractivity contribution is -0.132. The van der Waals surface area contributed by atoms with Crippen molar-refractivity contribution in [1.82, 2.24) is 25.3 Å². The average molecular weight is 309 g/mol. The summed E-state index contributed by atoms with van der Waals surface area (Å²) in [6, 6.07) is -0.190. The first-order valence-electron chi connectivity index (χ1n) is 7.64. The number of aromatic nitrogens is 2. The molecule has 0 saturated carbocycles. The Bertz CT molecular complexity index is 530. The summed E-state index contributed by atoms with van der Waals surface area (Å²) >= 11 is 0. The number of piperidine rings is 1. The van der Waals surface area contributed by atoms with Gasteiger partial charge < -0.3 is 19.6 Å². The summed E-state index contributed by atoms with van der Waals surface area (Å²) in [5, 5.41) is 6.79. The summed E-state index contributed by atoms with van der Waals surface area (Å²) in [6.07, 6.45) is 1.84. The van der Waals surface area contributed by atoms with Crippen LogP contribution in [0, 0.1) is 0 Å². The Morgan fingerprint density at radius 3 is 2.86 bits per heavy atom. The van der Waals surface area contributed by atoms with Gasteiger partial charge in [-0.2, -0.15) is 4.98 Å². The molecule has 0 aliphatic carbocycles. The molecule has 2 rings (SSSR count). The molecule has 122 valence electrons. The zero-order valence-electron chi connectivity index (χ0n) is 13.3. The third-order valence-corrected chi connectivity index (χ3v) is 3.78. The molecule has 8 nitrogen and oxygen atoms in total. The minimum Gasteiger partial charge on any atom is -0.344 e. The van der Waals surface area contributed by atoms with Crippen molar-refractivity contribution in [3.8, 4) is 0 Å². The highest BCUT2D eigenvalue weighted by Crippen LogP contribution is 2.11. The third kappa shape index (κ3) is 3.96. The molecule has 8 heteroatoms. The Balaban J connectivity index is 1.90. The summed E-state index contributed by atoms with van der Waals surface area (Å²) in [7, 11) is 1.75. The summed E-state index contributed by atoms with van der Waals surface area (Å²) in [6.45, 7) is 5.21. The molecule has 1 aliphatic heterocycles. The smallest absolute Gasteiger partial charge is 0.318 e. The Kier molecular flexibility index (Phi) is 5.35. The van der Waals surface area contributed by atoms with Crippen molar-refractivity contribution in [2.45, 2.75) is 45.7 Å². The van der Waals surface area contributed by atoms with Crippen molar-refractivity contribution < 1.29 is 14.1 Å². The predicted octanol–water partition coefficient (Wildman–Crippen LogP) is 0.784. The van der Waals surface area contributed by atoms with E-state index in [2.05, 4.69) is 15.5 Å². The van der Waals surface area contributed by atoms with E-state index < -0.39 is 0 Å².